The lowest BCUT2D eigenvalue weighted by atomic mass is 10.2. The van der Waals surface area contributed by atoms with Crippen molar-refractivity contribution in [2.75, 3.05) is 13.2 Å². The third-order valence-electron chi connectivity index (χ3n) is 2.50. The maximum atomic E-state index is 11.8. The van der Waals surface area contributed by atoms with E-state index in [1.54, 1.807) is 20.8 Å². The van der Waals surface area contributed by atoms with Crippen LogP contribution in [0.1, 0.15) is 41.5 Å². The zero-order chi connectivity index (χ0) is 13.5. The Morgan fingerprint density at radius 2 is 2.11 bits per heavy atom. The summed E-state index contributed by atoms with van der Waals surface area (Å²) in [5.41, 5.74) is 2.00. The second-order valence-corrected chi connectivity index (χ2v) is 3.97. The highest BCUT2D eigenvalue weighted by Crippen LogP contribution is 2.08. The van der Waals surface area contributed by atoms with Gasteiger partial charge in [-0.15, -0.1) is 0 Å². The van der Waals surface area contributed by atoms with Crippen molar-refractivity contribution in [1.82, 2.24) is 15.5 Å². The summed E-state index contributed by atoms with van der Waals surface area (Å²) in [5.74, 6) is -0.398. The van der Waals surface area contributed by atoms with Crippen LogP contribution in [0.4, 0.5) is 0 Å². The standard InChI is InChI=1S/C12H19N3O3/c1-4-18-10(16)6-5-7-13-12(17)11-8(2)14-15-9(11)3/h4-7H2,1-3H3,(H,13,17)(H,14,15). The molecule has 0 saturated heterocycles. The molecule has 0 aliphatic rings. The Morgan fingerprint density at radius 1 is 1.39 bits per heavy atom. The van der Waals surface area contributed by atoms with Gasteiger partial charge in [-0.1, -0.05) is 0 Å². The Bertz CT molecular complexity index is 407. The molecule has 0 fully saturated rings. The molecule has 18 heavy (non-hydrogen) atoms. The number of rotatable bonds is 6. The normalized spacial score (nSPS) is 10.2. The molecule has 1 heterocycles. The summed E-state index contributed by atoms with van der Waals surface area (Å²) in [4.78, 5) is 22.9. The Hall–Kier alpha value is -1.85. The van der Waals surface area contributed by atoms with Crippen LogP contribution in [0.25, 0.3) is 0 Å². The highest BCUT2D eigenvalue weighted by Gasteiger charge is 2.14. The molecule has 1 aromatic heterocycles. The number of aromatic amines is 1. The van der Waals surface area contributed by atoms with E-state index in [0.717, 1.165) is 5.69 Å². The van der Waals surface area contributed by atoms with Crippen LogP contribution >= 0.6 is 0 Å². The van der Waals surface area contributed by atoms with Crippen molar-refractivity contribution in [1.29, 1.82) is 0 Å². The Labute approximate surface area is 106 Å². The fraction of sp³-hybridized carbons (Fsp3) is 0.583. The Balaban J connectivity index is 2.32. The minimum absolute atomic E-state index is 0.164. The van der Waals surface area contributed by atoms with Gasteiger partial charge in [0.25, 0.3) is 5.91 Å². The number of H-pyrrole nitrogens is 1. The molecular weight excluding hydrogens is 234 g/mol. The molecule has 0 aromatic carbocycles. The molecule has 0 unspecified atom stereocenters. The predicted molar refractivity (Wildman–Crippen MR) is 66.3 cm³/mol. The lowest BCUT2D eigenvalue weighted by Crippen LogP contribution is -2.26. The van der Waals surface area contributed by atoms with Gasteiger partial charge in [0.15, 0.2) is 0 Å². The number of amides is 1. The van der Waals surface area contributed by atoms with Crippen molar-refractivity contribution in [3.05, 3.63) is 17.0 Å². The number of hydrogen-bond donors (Lipinski definition) is 2. The second kappa shape index (κ2) is 6.78. The molecule has 6 heteroatoms. The fourth-order valence-electron chi connectivity index (χ4n) is 1.64. The van der Waals surface area contributed by atoms with Crippen LogP contribution in [-0.4, -0.2) is 35.2 Å². The van der Waals surface area contributed by atoms with Crippen molar-refractivity contribution in [3.63, 3.8) is 0 Å². The molecule has 0 aliphatic heterocycles. The summed E-state index contributed by atoms with van der Waals surface area (Å²) in [6, 6.07) is 0. The van der Waals surface area contributed by atoms with Gasteiger partial charge in [-0.25, -0.2) is 0 Å². The van der Waals surface area contributed by atoms with Gasteiger partial charge in [0.05, 0.1) is 17.9 Å². The monoisotopic (exact) mass is 253 g/mol. The maximum Gasteiger partial charge on any atom is 0.305 e. The molecule has 1 aromatic rings. The average Bonchev–Trinajstić information content (AvgIpc) is 2.65. The van der Waals surface area contributed by atoms with E-state index < -0.39 is 0 Å². The first-order valence-corrected chi connectivity index (χ1v) is 6.01. The Morgan fingerprint density at radius 3 is 2.67 bits per heavy atom. The van der Waals surface area contributed by atoms with Crippen LogP contribution in [0.2, 0.25) is 0 Å². The van der Waals surface area contributed by atoms with Crippen molar-refractivity contribution >= 4 is 11.9 Å². The molecule has 0 spiro atoms. The summed E-state index contributed by atoms with van der Waals surface area (Å²) in [6.07, 6.45) is 0.887. The quantitative estimate of drug-likeness (QED) is 0.587. The summed E-state index contributed by atoms with van der Waals surface area (Å²) in [6.45, 7) is 6.18. The first kappa shape index (κ1) is 14.2. The third-order valence-corrected chi connectivity index (χ3v) is 2.50. The fourth-order valence-corrected chi connectivity index (χ4v) is 1.64. The first-order valence-electron chi connectivity index (χ1n) is 6.01. The van der Waals surface area contributed by atoms with Crippen LogP contribution in [0.3, 0.4) is 0 Å². The molecule has 0 saturated carbocycles. The van der Waals surface area contributed by atoms with E-state index in [4.69, 9.17) is 4.74 Å². The number of nitrogens with zero attached hydrogens (tertiary/aromatic N) is 1. The van der Waals surface area contributed by atoms with Crippen LogP contribution in [0, 0.1) is 13.8 Å². The maximum absolute atomic E-state index is 11.8. The van der Waals surface area contributed by atoms with Gasteiger partial charge in [-0.3, -0.25) is 14.7 Å². The van der Waals surface area contributed by atoms with E-state index in [1.807, 2.05) is 0 Å². The van der Waals surface area contributed by atoms with Crippen molar-refractivity contribution in [2.45, 2.75) is 33.6 Å². The van der Waals surface area contributed by atoms with E-state index in [-0.39, 0.29) is 11.9 Å². The van der Waals surface area contributed by atoms with Crippen LogP contribution in [-0.2, 0) is 9.53 Å². The second-order valence-electron chi connectivity index (χ2n) is 3.97. The lowest BCUT2D eigenvalue weighted by Gasteiger charge is -2.05. The summed E-state index contributed by atoms with van der Waals surface area (Å²) in [7, 11) is 0. The first-order chi connectivity index (χ1) is 8.56. The van der Waals surface area contributed by atoms with E-state index in [0.29, 0.717) is 37.3 Å². The highest BCUT2D eigenvalue weighted by molar-refractivity contribution is 5.96. The molecule has 1 amide bonds. The van der Waals surface area contributed by atoms with Gasteiger partial charge in [0.1, 0.15) is 0 Å². The van der Waals surface area contributed by atoms with Crippen LogP contribution in [0.15, 0.2) is 0 Å². The molecule has 0 radical (unpaired) electrons. The molecule has 0 aliphatic carbocycles. The molecule has 100 valence electrons. The highest BCUT2D eigenvalue weighted by atomic mass is 16.5. The Kier molecular flexibility index (Phi) is 5.35. The van der Waals surface area contributed by atoms with Crippen LogP contribution < -0.4 is 5.32 Å². The van der Waals surface area contributed by atoms with Gasteiger partial charge < -0.3 is 10.1 Å². The van der Waals surface area contributed by atoms with Gasteiger partial charge in [-0.2, -0.15) is 5.10 Å². The summed E-state index contributed by atoms with van der Waals surface area (Å²) in [5, 5.41) is 9.47. The lowest BCUT2D eigenvalue weighted by molar-refractivity contribution is -0.143. The third kappa shape index (κ3) is 3.87. The van der Waals surface area contributed by atoms with Gasteiger partial charge in [0, 0.05) is 18.7 Å². The number of hydrogen-bond acceptors (Lipinski definition) is 4. The number of esters is 1. The largest absolute Gasteiger partial charge is 0.466 e. The zero-order valence-corrected chi connectivity index (χ0v) is 11.0. The van der Waals surface area contributed by atoms with Gasteiger partial charge in [0.2, 0.25) is 0 Å². The molecule has 6 nitrogen and oxygen atoms in total. The SMILES string of the molecule is CCOC(=O)CCCNC(=O)c1c(C)n[nH]c1C. The van der Waals surface area contributed by atoms with E-state index in [1.165, 1.54) is 0 Å². The van der Waals surface area contributed by atoms with E-state index in [9.17, 15) is 9.59 Å². The minimum Gasteiger partial charge on any atom is -0.466 e. The summed E-state index contributed by atoms with van der Waals surface area (Å²) >= 11 is 0. The van der Waals surface area contributed by atoms with E-state index in [2.05, 4.69) is 15.5 Å². The average molecular weight is 253 g/mol. The molecule has 0 atom stereocenters. The van der Waals surface area contributed by atoms with Crippen LogP contribution in [0.5, 0.6) is 0 Å². The summed E-state index contributed by atoms with van der Waals surface area (Å²) < 4.78 is 4.79. The number of carbonyl (C=O) groups excluding carboxylic acids is 2. The number of ether oxygens (including phenoxy) is 1. The van der Waals surface area contributed by atoms with E-state index >= 15 is 0 Å². The number of aryl methyl sites for hydroxylation is 2. The van der Waals surface area contributed by atoms with Crippen molar-refractivity contribution in [3.8, 4) is 0 Å². The predicted octanol–water partition coefficient (Wildman–Crippen LogP) is 1.10. The minimum atomic E-state index is -0.234. The molecule has 2 N–H and O–H groups in total. The number of aromatic nitrogens is 2. The zero-order valence-electron chi connectivity index (χ0n) is 11.0. The number of nitrogens with one attached hydrogen (secondary N) is 2. The molecule has 0 bridgehead atoms. The van der Waals surface area contributed by atoms with Gasteiger partial charge in [-0.05, 0) is 27.2 Å². The van der Waals surface area contributed by atoms with Gasteiger partial charge >= 0.3 is 5.97 Å². The molecular formula is C12H19N3O3. The van der Waals surface area contributed by atoms with Crippen molar-refractivity contribution in [2.24, 2.45) is 0 Å². The smallest absolute Gasteiger partial charge is 0.305 e. The van der Waals surface area contributed by atoms with Crippen molar-refractivity contribution < 1.29 is 14.3 Å². The molecule has 1 rings (SSSR count). The number of carbonyl (C=O) groups is 2. The topological polar surface area (TPSA) is 84.1 Å².